The van der Waals surface area contributed by atoms with Crippen molar-refractivity contribution in [2.45, 2.75) is 13.3 Å². The molecule has 0 saturated heterocycles. The van der Waals surface area contributed by atoms with Crippen LogP contribution in [0.2, 0.25) is 0 Å². The van der Waals surface area contributed by atoms with Crippen LogP contribution in [0, 0.1) is 11.3 Å². The first-order valence-corrected chi connectivity index (χ1v) is 6.54. The van der Waals surface area contributed by atoms with E-state index in [2.05, 4.69) is 40.4 Å². The topological polar surface area (TPSA) is 64.5 Å². The summed E-state index contributed by atoms with van der Waals surface area (Å²) >= 11 is 0. The van der Waals surface area contributed by atoms with E-state index >= 15 is 0 Å². The zero-order valence-electron chi connectivity index (χ0n) is 11.1. The zero-order valence-corrected chi connectivity index (χ0v) is 11.1. The summed E-state index contributed by atoms with van der Waals surface area (Å²) in [6, 6.07) is 14.2. The molecular weight excluding hydrogens is 248 g/mol. The largest absolute Gasteiger partial charge is 0.345 e. The predicted octanol–water partition coefficient (Wildman–Crippen LogP) is 3.74. The molecule has 4 nitrogen and oxygen atoms in total. The number of anilines is 2. The Hall–Kier alpha value is -2.80. The van der Waals surface area contributed by atoms with Crippen molar-refractivity contribution in [2.24, 2.45) is 0 Å². The van der Waals surface area contributed by atoms with Crippen LogP contribution in [-0.2, 0) is 6.42 Å². The normalized spacial score (nSPS) is 10.4. The number of H-pyrrole nitrogens is 1. The van der Waals surface area contributed by atoms with Crippen molar-refractivity contribution in [1.82, 2.24) is 9.97 Å². The van der Waals surface area contributed by atoms with Gasteiger partial charge in [-0.2, -0.15) is 5.26 Å². The van der Waals surface area contributed by atoms with E-state index in [9.17, 15) is 0 Å². The van der Waals surface area contributed by atoms with Crippen LogP contribution in [0.3, 0.4) is 0 Å². The molecule has 0 radical (unpaired) electrons. The Morgan fingerprint density at radius 2 is 2.00 bits per heavy atom. The minimum atomic E-state index is 0.617. The molecule has 0 bridgehead atoms. The lowest BCUT2D eigenvalue weighted by Crippen LogP contribution is -1.93. The van der Waals surface area contributed by atoms with Crippen molar-refractivity contribution in [2.75, 3.05) is 5.32 Å². The van der Waals surface area contributed by atoms with E-state index in [4.69, 9.17) is 5.26 Å². The maximum absolute atomic E-state index is 8.96. The Labute approximate surface area is 117 Å². The van der Waals surface area contributed by atoms with Gasteiger partial charge in [0, 0.05) is 17.3 Å². The Kier molecular flexibility index (Phi) is 3.10. The Balaban J connectivity index is 1.88. The van der Waals surface area contributed by atoms with Gasteiger partial charge in [0.05, 0.1) is 5.56 Å². The van der Waals surface area contributed by atoms with Crippen LogP contribution >= 0.6 is 0 Å². The molecule has 0 spiro atoms. The molecule has 0 amide bonds. The highest BCUT2D eigenvalue weighted by Gasteiger charge is 2.05. The number of fused-ring (bicyclic) bond motifs is 1. The summed E-state index contributed by atoms with van der Waals surface area (Å²) in [5.41, 5.74) is 3.64. The monoisotopic (exact) mass is 262 g/mol. The molecule has 0 aliphatic rings. The molecule has 1 aromatic carbocycles. The van der Waals surface area contributed by atoms with Crippen LogP contribution < -0.4 is 5.32 Å². The fraction of sp³-hybridized carbons (Fsp3) is 0.125. The van der Waals surface area contributed by atoms with Gasteiger partial charge in [-0.3, -0.25) is 0 Å². The van der Waals surface area contributed by atoms with E-state index in [0.717, 1.165) is 29.0 Å². The number of rotatable bonds is 3. The predicted molar refractivity (Wildman–Crippen MR) is 79.9 cm³/mol. The SMILES string of the molecule is CCc1ccc(Nc2ccc3c(C#N)c[nH]c3n2)cc1. The molecule has 0 aliphatic heterocycles. The van der Waals surface area contributed by atoms with Gasteiger partial charge in [0.15, 0.2) is 0 Å². The molecule has 3 aromatic rings. The number of nitrogens with zero attached hydrogens (tertiary/aromatic N) is 2. The van der Waals surface area contributed by atoms with Crippen LogP contribution in [0.15, 0.2) is 42.6 Å². The van der Waals surface area contributed by atoms with Crippen molar-refractivity contribution >= 4 is 22.5 Å². The van der Waals surface area contributed by atoms with Gasteiger partial charge in [0.2, 0.25) is 0 Å². The lowest BCUT2D eigenvalue weighted by atomic mass is 10.1. The minimum Gasteiger partial charge on any atom is -0.345 e. The lowest BCUT2D eigenvalue weighted by Gasteiger charge is -2.06. The summed E-state index contributed by atoms with van der Waals surface area (Å²) in [5, 5.41) is 13.1. The molecule has 3 rings (SSSR count). The summed E-state index contributed by atoms with van der Waals surface area (Å²) in [6.45, 7) is 2.13. The van der Waals surface area contributed by atoms with E-state index < -0.39 is 0 Å². The first-order chi connectivity index (χ1) is 9.80. The fourth-order valence-electron chi connectivity index (χ4n) is 2.14. The van der Waals surface area contributed by atoms with E-state index in [0.29, 0.717) is 5.56 Å². The van der Waals surface area contributed by atoms with Crippen LogP contribution in [0.25, 0.3) is 11.0 Å². The van der Waals surface area contributed by atoms with Gasteiger partial charge in [-0.1, -0.05) is 19.1 Å². The summed E-state index contributed by atoms with van der Waals surface area (Å²) < 4.78 is 0. The molecule has 0 atom stereocenters. The van der Waals surface area contributed by atoms with Gasteiger partial charge in [0.1, 0.15) is 17.5 Å². The highest BCUT2D eigenvalue weighted by molar-refractivity contribution is 5.84. The van der Waals surface area contributed by atoms with Gasteiger partial charge in [-0.15, -0.1) is 0 Å². The van der Waals surface area contributed by atoms with Crippen molar-refractivity contribution in [1.29, 1.82) is 5.26 Å². The smallest absolute Gasteiger partial charge is 0.141 e. The number of hydrogen-bond donors (Lipinski definition) is 2. The van der Waals surface area contributed by atoms with Gasteiger partial charge < -0.3 is 10.3 Å². The van der Waals surface area contributed by atoms with E-state index in [1.807, 2.05) is 24.3 Å². The second-order valence-electron chi connectivity index (χ2n) is 4.58. The van der Waals surface area contributed by atoms with E-state index in [1.54, 1.807) is 6.20 Å². The molecule has 0 aliphatic carbocycles. The number of benzene rings is 1. The third-order valence-electron chi connectivity index (χ3n) is 3.29. The van der Waals surface area contributed by atoms with Crippen LogP contribution in [-0.4, -0.2) is 9.97 Å². The first kappa shape index (κ1) is 12.2. The van der Waals surface area contributed by atoms with E-state index in [-0.39, 0.29) is 0 Å². The molecule has 2 heterocycles. The van der Waals surface area contributed by atoms with Crippen molar-refractivity contribution in [3.8, 4) is 6.07 Å². The average Bonchev–Trinajstić information content (AvgIpc) is 2.90. The van der Waals surface area contributed by atoms with Gasteiger partial charge in [-0.05, 0) is 36.2 Å². The summed E-state index contributed by atoms with van der Waals surface area (Å²) in [5.74, 6) is 0.757. The molecule has 2 aromatic heterocycles. The number of hydrogen-bond acceptors (Lipinski definition) is 3. The molecule has 0 unspecified atom stereocenters. The quantitative estimate of drug-likeness (QED) is 0.755. The third kappa shape index (κ3) is 2.21. The molecule has 0 saturated carbocycles. The number of aryl methyl sites for hydroxylation is 1. The highest BCUT2D eigenvalue weighted by atomic mass is 15.0. The molecule has 2 N–H and O–H groups in total. The Morgan fingerprint density at radius 1 is 1.20 bits per heavy atom. The van der Waals surface area contributed by atoms with Crippen molar-refractivity contribution < 1.29 is 0 Å². The second-order valence-corrected chi connectivity index (χ2v) is 4.58. The molecule has 98 valence electrons. The zero-order chi connectivity index (χ0) is 13.9. The van der Waals surface area contributed by atoms with Crippen LogP contribution in [0.1, 0.15) is 18.1 Å². The lowest BCUT2D eigenvalue weighted by molar-refractivity contribution is 1.14. The highest BCUT2D eigenvalue weighted by Crippen LogP contribution is 2.21. The standard InChI is InChI=1S/C16H14N4/c1-2-11-3-5-13(6-4-11)19-15-8-7-14-12(9-17)10-18-16(14)20-15/h3-8,10H,2H2,1H3,(H2,18,19,20). The summed E-state index contributed by atoms with van der Waals surface area (Å²) in [7, 11) is 0. The molecular formula is C16H14N4. The Bertz CT molecular complexity index is 778. The second kappa shape index (κ2) is 5.06. The number of pyridine rings is 1. The fourth-order valence-corrected chi connectivity index (χ4v) is 2.14. The van der Waals surface area contributed by atoms with E-state index in [1.165, 1.54) is 5.56 Å². The third-order valence-corrected chi connectivity index (χ3v) is 3.29. The number of aromatic nitrogens is 2. The average molecular weight is 262 g/mol. The summed E-state index contributed by atoms with van der Waals surface area (Å²) in [4.78, 5) is 7.47. The first-order valence-electron chi connectivity index (χ1n) is 6.54. The molecule has 0 fully saturated rings. The van der Waals surface area contributed by atoms with Gasteiger partial charge in [0.25, 0.3) is 0 Å². The van der Waals surface area contributed by atoms with Crippen LogP contribution in [0.5, 0.6) is 0 Å². The maximum Gasteiger partial charge on any atom is 0.141 e. The molecule has 4 heteroatoms. The number of nitriles is 1. The Morgan fingerprint density at radius 3 is 2.70 bits per heavy atom. The van der Waals surface area contributed by atoms with Crippen LogP contribution in [0.4, 0.5) is 11.5 Å². The van der Waals surface area contributed by atoms with Gasteiger partial charge in [-0.25, -0.2) is 4.98 Å². The minimum absolute atomic E-state index is 0.617. The number of nitrogens with one attached hydrogen (secondary N) is 2. The van der Waals surface area contributed by atoms with Crippen molar-refractivity contribution in [3.05, 3.63) is 53.7 Å². The summed E-state index contributed by atoms with van der Waals surface area (Å²) in [6.07, 6.45) is 2.71. The number of aromatic amines is 1. The maximum atomic E-state index is 8.96. The van der Waals surface area contributed by atoms with Crippen molar-refractivity contribution in [3.63, 3.8) is 0 Å². The van der Waals surface area contributed by atoms with Gasteiger partial charge >= 0.3 is 0 Å². The molecule has 20 heavy (non-hydrogen) atoms.